The second-order valence-electron chi connectivity index (χ2n) is 9.11. The van der Waals surface area contributed by atoms with Crippen molar-refractivity contribution in [1.29, 1.82) is 0 Å². The fourth-order valence-electron chi connectivity index (χ4n) is 4.06. The van der Waals surface area contributed by atoms with Gasteiger partial charge in [-0.3, -0.25) is 33.9 Å². The highest BCUT2D eigenvalue weighted by atomic mass is 16.4. The van der Waals surface area contributed by atoms with Crippen molar-refractivity contribution in [2.24, 2.45) is 5.41 Å². The van der Waals surface area contributed by atoms with Crippen LogP contribution in [0.2, 0.25) is 0 Å². The van der Waals surface area contributed by atoms with Crippen molar-refractivity contribution < 1.29 is 39.6 Å². The number of carbonyl (C=O) groups is 4. The van der Waals surface area contributed by atoms with Crippen LogP contribution in [0.15, 0.2) is 0 Å². The Hall–Kier alpha value is -2.24. The summed E-state index contributed by atoms with van der Waals surface area (Å²) in [6.45, 7) is 7.41. The van der Waals surface area contributed by atoms with Gasteiger partial charge in [-0.15, -0.1) is 0 Å². The zero-order valence-corrected chi connectivity index (χ0v) is 19.4. The summed E-state index contributed by atoms with van der Waals surface area (Å²) in [5, 5.41) is 37.3. The molecule has 4 N–H and O–H groups in total. The Morgan fingerprint density at radius 3 is 1.50 bits per heavy atom. The molecule has 1 aliphatic rings. The predicted molar refractivity (Wildman–Crippen MR) is 116 cm³/mol. The summed E-state index contributed by atoms with van der Waals surface area (Å²) in [6.07, 6.45) is 2.64. The first-order valence-electron chi connectivity index (χ1n) is 10.9. The van der Waals surface area contributed by atoms with Crippen LogP contribution in [0.1, 0.15) is 47.0 Å². The molecule has 0 aromatic rings. The van der Waals surface area contributed by atoms with Crippen molar-refractivity contribution in [3.63, 3.8) is 0 Å². The zero-order valence-electron chi connectivity index (χ0n) is 19.4. The van der Waals surface area contributed by atoms with Crippen LogP contribution in [0.3, 0.4) is 0 Å². The Morgan fingerprint density at radius 2 is 1.12 bits per heavy atom. The van der Waals surface area contributed by atoms with Crippen LogP contribution in [-0.4, -0.2) is 116 Å². The van der Waals surface area contributed by atoms with E-state index in [1.807, 2.05) is 18.7 Å². The number of nitrogens with zero attached hydrogens (tertiary/aromatic N) is 3. The van der Waals surface area contributed by atoms with Gasteiger partial charge in [0.2, 0.25) is 0 Å². The fourth-order valence-corrected chi connectivity index (χ4v) is 4.06. The Kier molecular flexibility index (Phi) is 10.5. The van der Waals surface area contributed by atoms with E-state index < -0.39 is 42.5 Å². The first-order chi connectivity index (χ1) is 14.8. The van der Waals surface area contributed by atoms with E-state index in [-0.39, 0.29) is 31.1 Å². The van der Waals surface area contributed by atoms with Gasteiger partial charge in [-0.1, -0.05) is 6.42 Å². The highest BCUT2D eigenvalue weighted by Gasteiger charge is 2.42. The second-order valence-corrected chi connectivity index (χ2v) is 9.11. The molecule has 0 aromatic carbocycles. The van der Waals surface area contributed by atoms with Gasteiger partial charge in [-0.05, 0) is 46.0 Å². The van der Waals surface area contributed by atoms with Crippen molar-refractivity contribution in [2.75, 3.05) is 39.3 Å². The predicted octanol–water partition coefficient (Wildman–Crippen LogP) is 0.587. The zero-order chi connectivity index (χ0) is 24.6. The number of rotatable bonds is 16. The molecule has 184 valence electrons. The molecule has 1 saturated carbocycles. The summed E-state index contributed by atoms with van der Waals surface area (Å²) in [6, 6.07) is -1.87. The lowest BCUT2D eigenvalue weighted by atomic mass is 9.67. The van der Waals surface area contributed by atoms with Crippen LogP contribution in [0.5, 0.6) is 0 Å². The number of hydrogen-bond donors (Lipinski definition) is 4. The largest absolute Gasteiger partial charge is 0.480 e. The fraction of sp³-hybridized carbons (Fsp3) is 0.810. The van der Waals surface area contributed by atoms with E-state index in [4.69, 9.17) is 5.11 Å². The number of carboxylic acid groups (broad SMARTS) is 4. The molecule has 0 saturated heterocycles. The standard InChI is InChI=1S/C21H37N3O8/c1-14(2)24(11-18(27)28)13-21(6-5-7-21)12-23(16(4)20(31)32)9-8-22(10-17(25)26)15(3)19(29)30/h14-16H,5-13H2,1-4H3,(H,25,26)(H,27,28)(H,29,30)(H,31,32). The third-order valence-corrected chi connectivity index (χ3v) is 6.38. The molecule has 0 heterocycles. The van der Waals surface area contributed by atoms with E-state index in [1.165, 1.54) is 11.8 Å². The Bertz CT molecular complexity index is 680. The molecule has 11 nitrogen and oxygen atoms in total. The molecule has 32 heavy (non-hydrogen) atoms. The van der Waals surface area contributed by atoms with Gasteiger partial charge in [0.05, 0.1) is 13.1 Å². The SMILES string of the molecule is CC(C)N(CC(=O)O)CC1(CN(CCN(CC(=O)O)C(C)C(=O)O)C(C)C(=O)O)CCC1. The summed E-state index contributed by atoms with van der Waals surface area (Å²) in [7, 11) is 0. The summed E-state index contributed by atoms with van der Waals surface area (Å²) in [5.74, 6) is -4.26. The minimum absolute atomic E-state index is 0.0106. The molecule has 2 atom stereocenters. The minimum atomic E-state index is -1.16. The lowest BCUT2D eigenvalue weighted by Gasteiger charge is -2.49. The van der Waals surface area contributed by atoms with Crippen LogP contribution in [0.25, 0.3) is 0 Å². The third-order valence-electron chi connectivity index (χ3n) is 6.38. The van der Waals surface area contributed by atoms with Crippen LogP contribution < -0.4 is 0 Å². The maximum Gasteiger partial charge on any atom is 0.320 e. The van der Waals surface area contributed by atoms with E-state index in [0.717, 1.165) is 19.3 Å². The first-order valence-corrected chi connectivity index (χ1v) is 10.9. The highest BCUT2D eigenvalue weighted by molar-refractivity contribution is 5.75. The lowest BCUT2D eigenvalue weighted by Crippen LogP contribution is -2.56. The molecule has 1 fully saturated rings. The van der Waals surface area contributed by atoms with Crippen molar-refractivity contribution in [3.8, 4) is 0 Å². The monoisotopic (exact) mass is 459 g/mol. The molecule has 0 aliphatic heterocycles. The normalized spacial score (nSPS) is 17.4. The second kappa shape index (κ2) is 12.1. The maximum absolute atomic E-state index is 11.7. The summed E-state index contributed by atoms with van der Waals surface area (Å²) < 4.78 is 0. The van der Waals surface area contributed by atoms with E-state index in [9.17, 15) is 34.5 Å². The Labute approximate surface area is 188 Å². The molecule has 0 spiro atoms. The molecule has 1 aliphatic carbocycles. The van der Waals surface area contributed by atoms with Gasteiger partial charge in [-0.2, -0.15) is 0 Å². The molecule has 0 aromatic heterocycles. The van der Waals surface area contributed by atoms with E-state index in [2.05, 4.69) is 0 Å². The smallest absolute Gasteiger partial charge is 0.320 e. The van der Waals surface area contributed by atoms with Crippen LogP contribution in [0, 0.1) is 5.41 Å². The van der Waals surface area contributed by atoms with E-state index in [1.54, 1.807) is 11.8 Å². The summed E-state index contributed by atoms with van der Waals surface area (Å²) in [5.41, 5.74) is -0.264. The van der Waals surface area contributed by atoms with Crippen LogP contribution in [-0.2, 0) is 19.2 Å². The number of hydrogen-bond acceptors (Lipinski definition) is 7. The number of carboxylic acids is 4. The maximum atomic E-state index is 11.7. The van der Waals surface area contributed by atoms with Crippen LogP contribution >= 0.6 is 0 Å². The third kappa shape index (κ3) is 8.36. The molecule has 11 heteroatoms. The molecule has 0 bridgehead atoms. The lowest BCUT2D eigenvalue weighted by molar-refractivity contribution is -0.148. The van der Waals surface area contributed by atoms with Crippen molar-refractivity contribution >= 4 is 23.9 Å². The average Bonchev–Trinajstić information content (AvgIpc) is 2.64. The van der Waals surface area contributed by atoms with Crippen molar-refractivity contribution in [2.45, 2.75) is 65.1 Å². The summed E-state index contributed by atoms with van der Waals surface area (Å²) >= 11 is 0. The molecule has 0 amide bonds. The topological polar surface area (TPSA) is 159 Å². The summed E-state index contributed by atoms with van der Waals surface area (Å²) in [4.78, 5) is 50.5. The minimum Gasteiger partial charge on any atom is -0.480 e. The molecule has 0 radical (unpaired) electrons. The van der Waals surface area contributed by atoms with Crippen molar-refractivity contribution in [1.82, 2.24) is 14.7 Å². The Morgan fingerprint density at radius 1 is 0.719 bits per heavy atom. The quantitative estimate of drug-likeness (QED) is 0.256. The number of aliphatic carboxylic acids is 4. The molecular formula is C21H37N3O8. The van der Waals surface area contributed by atoms with Gasteiger partial charge in [0, 0.05) is 32.2 Å². The van der Waals surface area contributed by atoms with Gasteiger partial charge < -0.3 is 20.4 Å². The Balaban J connectivity index is 3.02. The average molecular weight is 460 g/mol. The molecule has 1 rings (SSSR count). The van der Waals surface area contributed by atoms with E-state index in [0.29, 0.717) is 13.1 Å². The van der Waals surface area contributed by atoms with Gasteiger partial charge >= 0.3 is 23.9 Å². The van der Waals surface area contributed by atoms with Gasteiger partial charge in [0.15, 0.2) is 0 Å². The van der Waals surface area contributed by atoms with Gasteiger partial charge in [0.1, 0.15) is 12.1 Å². The van der Waals surface area contributed by atoms with Gasteiger partial charge in [0.25, 0.3) is 0 Å². The molecular weight excluding hydrogens is 422 g/mol. The van der Waals surface area contributed by atoms with E-state index >= 15 is 0 Å². The first kappa shape index (κ1) is 27.8. The van der Waals surface area contributed by atoms with Gasteiger partial charge in [-0.25, -0.2) is 0 Å². The molecule has 2 unspecified atom stereocenters. The van der Waals surface area contributed by atoms with Crippen LogP contribution in [0.4, 0.5) is 0 Å². The van der Waals surface area contributed by atoms with Crippen molar-refractivity contribution in [3.05, 3.63) is 0 Å². The highest BCUT2D eigenvalue weighted by Crippen LogP contribution is 2.43.